The molecule has 0 aromatic heterocycles. The lowest BCUT2D eigenvalue weighted by molar-refractivity contribution is 0.280. The van der Waals surface area contributed by atoms with Crippen LogP contribution in [-0.2, 0) is 0 Å². The van der Waals surface area contributed by atoms with Gasteiger partial charge in [-0.2, -0.15) is 0 Å². The van der Waals surface area contributed by atoms with Crippen molar-refractivity contribution in [3.63, 3.8) is 0 Å². The molecule has 0 radical (unpaired) electrons. The first-order valence-electron chi connectivity index (χ1n) is 10.7. The predicted molar refractivity (Wildman–Crippen MR) is 123 cm³/mol. The highest BCUT2D eigenvalue weighted by Gasteiger charge is 2.15. The van der Waals surface area contributed by atoms with Crippen LogP contribution >= 0.6 is 0 Å². The van der Waals surface area contributed by atoms with E-state index in [0.717, 1.165) is 38.7 Å². The van der Waals surface area contributed by atoms with Crippen molar-refractivity contribution < 1.29 is 0 Å². The molecule has 1 aliphatic heterocycles. The zero-order chi connectivity index (χ0) is 20.3. The summed E-state index contributed by atoms with van der Waals surface area (Å²) in [5.74, 6) is 1.16. The molecule has 5 nitrogen and oxygen atoms in total. The molecule has 1 saturated heterocycles. The highest BCUT2D eigenvalue weighted by Crippen LogP contribution is 2.23. The van der Waals surface area contributed by atoms with Crippen LogP contribution in [0.25, 0.3) is 0 Å². The molecule has 2 aromatic carbocycles. The monoisotopic (exact) mass is 393 g/mol. The normalized spacial score (nSPS) is 16.6. The minimum absolute atomic E-state index is 0.289. The molecule has 0 unspecified atom stereocenters. The third-order valence-electron chi connectivity index (χ3n) is 5.63. The van der Waals surface area contributed by atoms with Crippen molar-refractivity contribution in [1.82, 2.24) is 20.4 Å². The molecule has 2 N–H and O–H groups in total. The fraction of sp³-hybridized carbons (Fsp3) is 0.458. The summed E-state index contributed by atoms with van der Waals surface area (Å²) < 4.78 is 0. The van der Waals surface area contributed by atoms with Gasteiger partial charge in [0.15, 0.2) is 5.96 Å². The summed E-state index contributed by atoms with van der Waals surface area (Å²) in [6.45, 7) is 7.45. The maximum atomic E-state index is 4.43. The van der Waals surface area contributed by atoms with Gasteiger partial charge < -0.3 is 20.4 Å². The molecule has 2 aromatic rings. The molecule has 5 heteroatoms. The lowest BCUT2D eigenvalue weighted by atomic mass is 9.91. The number of guanidine groups is 1. The lowest BCUT2D eigenvalue weighted by Gasteiger charge is -2.23. The van der Waals surface area contributed by atoms with Gasteiger partial charge in [0.1, 0.15) is 0 Å². The summed E-state index contributed by atoms with van der Waals surface area (Å²) in [5, 5.41) is 7.03. The van der Waals surface area contributed by atoms with Crippen LogP contribution in [0.4, 0.5) is 0 Å². The Hall–Kier alpha value is -2.37. The van der Waals surface area contributed by atoms with Gasteiger partial charge in [0.25, 0.3) is 0 Å². The van der Waals surface area contributed by atoms with Gasteiger partial charge in [-0.15, -0.1) is 0 Å². The van der Waals surface area contributed by atoms with Crippen LogP contribution in [0.1, 0.15) is 23.5 Å². The minimum Gasteiger partial charge on any atom is -0.355 e. The lowest BCUT2D eigenvalue weighted by Crippen LogP contribution is -2.43. The van der Waals surface area contributed by atoms with Crippen LogP contribution in [0.3, 0.4) is 0 Å². The Labute approximate surface area is 175 Å². The van der Waals surface area contributed by atoms with Crippen molar-refractivity contribution in [2.45, 2.75) is 12.3 Å². The molecule has 156 valence electrons. The van der Waals surface area contributed by atoms with Gasteiger partial charge >= 0.3 is 0 Å². The Morgan fingerprint density at radius 1 is 0.897 bits per heavy atom. The van der Waals surface area contributed by atoms with Crippen LogP contribution in [-0.4, -0.2) is 75.7 Å². The summed E-state index contributed by atoms with van der Waals surface area (Å²) in [6, 6.07) is 21.4. The Morgan fingerprint density at radius 3 is 2.17 bits per heavy atom. The molecule has 29 heavy (non-hydrogen) atoms. The molecule has 0 saturated carbocycles. The first kappa shape index (κ1) is 21.3. The molecule has 1 fully saturated rings. The fourth-order valence-electron chi connectivity index (χ4n) is 3.87. The van der Waals surface area contributed by atoms with Crippen LogP contribution in [0.5, 0.6) is 0 Å². The number of likely N-dealkylation sites (N-methyl/N-ethyl adjacent to an activating group) is 1. The van der Waals surface area contributed by atoms with Crippen LogP contribution in [0.2, 0.25) is 0 Å². The Kier molecular flexibility index (Phi) is 8.53. The maximum Gasteiger partial charge on any atom is 0.191 e. The molecule has 0 atom stereocenters. The van der Waals surface area contributed by atoms with Gasteiger partial charge in [-0.25, -0.2) is 0 Å². The molecule has 0 amide bonds. The van der Waals surface area contributed by atoms with E-state index in [1.54, 1.807) is 0 Å². The van der Waals surface area contributed by atoms with Crippen molar-refractivity contribution in [2.24, 2.45) is 4.99 Å². The van der Waals surface area contributed by atoms with Gasteiger partial charge in [-0.3, -0.25) is 4.99 Å². The van der Waals surface area contributed by atoms with Crippen LogP contribution in [0, 0.1) is 0 Å². The zero-order valence-corrected chi connectivity index (χ0v) is 17.8. The van der Waals surface area contributed by atoms with Crippen molar-refractivity contribution >= 4 is 5.96 Å². The van der Waals surface area contributed by atoms with E-state index >= 15 is 0 Å². The second kappa shape index (κ2) is 11.6. The Morgan fingerprint density at radius 2 is 1.55 bits per heavy atom. The summed E-state index contributed by atoms with van der Waals surface area (Å²) in [4.78, 5) is 9.39. The second-order valence-electron chi connectivity index (χ2n) is 7.75. The van der Waals surface area contributed by atoms with Crippen LogP contribution < -0.4 is 10.6 Å². The van der Waals surface area contributed by atoms with E-state index in [9.17, 15) is 0 Å². The quantitative estimate of drug-likeness (QED) is 0.561. The van der Waals surface area contributed by atoms with Gasteiger partial charge in [0, 0.05) is 45.7 Å². The topological polar surface area (TPSA) is 42.9 Å². The highest BCUT2D eigenvalue weighted by molar-refractivity contribution is 5.79. The molecule has 0 spiro atoms. The highest BCUT2D eigenvalue weighted by atomic mass is 15.2. The Balaban J connectivity index is 1.52. The van der Waals surface area contributed by atoms with Crippen molar-refractivity contribution in [3.05, 3.63) is 71.8 Å². The summed E-state index contributed by atoms with van der Waals surface area (Å²) in [5.41, 5.74) is 2.63. The van der Waals surface area contributed by atoms with Gasteiger partial charge in [-0.1, -0.05) is 60.7 Å². The first-order chi connectivity index (χ1) is 14.3. The largest absolute Gasteiger partial charge is 0.355 e. The summed E-state index contributed by atoms with van der Waals surface area (Å²) >= 11 is 0. The summed E-state index contributed by atoms with van der Waals surface area (Å²) in [7, 11) is 4.06. The van der Waals surface area contributed by atoms with Gasteiger partial charge in [-0.05, 0) is 37.7 Å². The maximum absolute atomic E-state index is 4.43. The number of benzene rings is 2. The molecule has 1 heterocycles. The number of aliphatic imine (C=N–C) groups is 1. The molecular weight excluding hydrogens is 358 g/mol. The predicted octanol–water partition coefficient (Wildman–Crippen LogP) is 2.62. The number of rotatable bonds is 7. The first-order valence-corrected chi connectivity index (χ1v) is 10.7. The second-order valence-corrected chi connectivity index (χ2v) is 7.75. The van der Waals surface area contributed by atoms with E-state index in [4.69, 9.17) is 0 Å². The van der Waals surface area contributed by atoms with E-state index in [0.29, 0.717) is 0 Å². The molecule has 0 bridgehead atoms. The average molecular weight is 394 g/mol. The standard InChI is InChI=1S/C24H35N5/c1-25-24(26-14-17-29-16-9-15-28(2)18-19-29)27-20-23(21-10-5-3-6-11-21)22-12-7-4-8-13-22/h3-8,10-13,23H,9,14-20H2,1-2H3,(H2,25,26,27). The van der Waals surface area contributed by atoms with Gasteiger partial charge in [0.2, 0.25) is 0 Å². The van der Waals surface area contributed by atoms with Crippen molar-refractivity contribution in [3.8, 4) is 0 Å². The van der Waals surface area contributed by atoms with E-state index in [-0.39, 0.29) is 5.92 Å². The number of hydrogen-bond acceptors (Lipinski definition) is 3. The molecule has 0 aliphatic carbocycles. The number of nitrogens with one attached hydrogen (secondary N) is 2. The number of nitrogens with zero attached hydrogens (tertiary/aromatic N) is 3. The SMILES string of the molecule is CN=C(NCCN1CCCN(C)CC1)NCC(c1ccccc1)c1ccccc1. The smallest absolute Gasteiger partial charge is 0.191 e. The third kappa shape index (κ3) is 6.87. The van der Waals surface area contributed by atoms with E-state index in [2.05, 4.69) is 93.1 Å². The van der Waals surface area contributed by atoms with Crippen molar-refractivity contribution in [1.29, 1.82) is 0 Å². The van der Waals surface area contributed by atoms with E-state index < -0.39 is 0 Å². The van der Waals surface area contributed by atoms with Crippen molar-refractivity contribution in [2.75, 3.05) is 59.9 Å². The van der Waals surface area contributed by atoms with Crippen LogP contribution in [0.15, 0.2) is 65.7 Å². The minimum atomic E-state index is 0.289. The van der Waals surface area contributed by atoms with Gasteiger partial charge in [0.05, 0.1) is 0 Å². The van der Waals surface area contributed by atoms with E-state index in [1.165, 1.54) is 30.6 Å². The summed E-state index contributed by atoms with van der Waals surface area (Å²) in [6.07, 6.45) is 1.25. The molecule has 1 aliphatic rings. The Bertz CT molecular complexity index is 692. The molecule has 3 rings (SSSR count). The van der Waals surface area contributed by atoms with E-state index in [1.807, 2.05) is 7.05 Å². The number of hydrogen-bond donors (Lipinski definition) is 2. The average Bonchev–Trinajstić information content (AvgIpc) is 2.98. The fourth-order valence-corrected chi connectivity index (χ4v) is 3.87. The third-order valence-corrected chi connectivity index (χ3v) is 5.63. The molecular formula is C24H35N5. The zero-order valence-electron chi connectivity index (χ0n) is 17.8.